The molecule has 4 nitrogen and oxygen atoms in total. The summed E-state index contributed by atoms with van der Waals surface area (Å²) in [6.07, 6.45) is 3.44. The van der Waals surface area contributed by atoms with Crippen molar-refractivity contribution in [1.29, 1.82) is 0 Å². The van der Waals surface area contributed by atoms with E-state index >= 15 is 0 Å². The summed E-state index contributed by atoms with van der Waals surface area (Å²) in [5.41, 5.74) is 6.96. The lowest BCUT2D eigenvalue weighted by Crippen LogP contribution is -2.00. The average molecular weight is 255 g/mol. The number of hydrogen-bond acceptors (Lipinski definition) is 3. The summed E-state index contributed by atoms with van der Waals surface area (Å²) in [4.78, 5) is 0. The molecule has 0 bridgehead atoms. The number of hydrogen-bond donors (Lipinski definition) is 1. The van der Waals surface area contributed by atoms with Gasteiger partial charge in [0.25, 0.3) is 0 Å². The lowest BCUT2D eigenvalue weighted by atomic mass is 10.2. The highest BCUT2D eigenvalue weighted by Crippen LogP contribution is 2.18. The van der Waals surface area contributed by atoms with Gasteiger partial charge in [-0.1, -0.05) is 16.8 Å². The highest BCUT2D eigenvalue weighted by molar-refractivity contribution is 6.30. The SMILES string of the molecule is NCCCc1cn(-c2ccc(F)c(Cl)c2)nn1. The van der Waals surface area contributed by atoms with Gasteiger partial charge >= 0.3 is 0 Å². The highest BCUT2D eigenvalue weighted by atomic mass is 35.5. The topological polar surface area (TPSA) is 56.7 Å². The van der Waals surface area contributed by atoms with E-state index in [4.69, 9.17) is 17.3 Å². The summed E-state index contributed by atoms with van der Waals surface area (Å²) < 4.78 is 14.6. The van der Waals surface area contributed by atoms with E-state index in [1.165, 1.54) is 12.1 Å². The fourth-order valence-electron chi connectivity index (χ4n) is 1.45. The Morgan fingerprint density at radius 1 is 1.41 bits per heavy atom. The van der Waals surface area contributed by atoms with Crippen molar-refractivity contribution in [1.82, 2.24) is 15.0 Å². The van der Waals surface area contributed by atoms with Crippen LogP contribution in [0, 0.1) is 5.82 Å². The molecule has 1 aromatic carbocycles. The number of aromatic nitrogens is 3. The van der Waals surface area contributed by atoms with E-state index in [9.17, 15) is 4.39 Å². The molecule has 17 heavy (non-hydrogen) atoms. The van der Waals surface area contributed by atoms with Gasteiger partial charge in [-0.2, -0.15) is 0 Å². The maximum atomic E-state index is 13.0. The Morgan fingerprint density at radius 2 is 2.24 bits per heavy atom. The molecule has 0 aliphatic carbocycles. The van der Waals surface area contributed by atoms with Gasteiger partial charge < -0.3 is 5.73 Å². The van der Waals surface area contributed by atoms with Gasteiger partial charge in [-0.15, -0.1) is 5.10 Å². The molecular weight excluding hydrogens is 243 g/mol. The molecule has 0 atom stereocenters. The van der Waals surface area contributed by atoms with Crippen molar-refractivity contribution in [3.05, 3.63) is 40.9 Å². The molecule has 6 heteroatoms. The van der Waals surface area contributed by atoms with Gasteiger partial charge in [0.2, 0.25) is 0 Å². The fourth-order valence-corrected chi connectivity index (χ4v) is 1.62. The molecule has 2 aromatic rings. The van der Waals surface area contributed by atoms with Crippen LogP contribution in [0.3, 0.4) is 0 Å². The lowest BCUT2D eigenvalue weighted by molar-refractivity contribution is 0.627. The Hall–Kier alpha value is -1.46. The number of nitrogens with two attached hydrogens (primary N) is 1. The molecule has 0 amide bonds. The second-order valence-electron chi connectivity index (χ2n) is 3.65. The average Bonchev–Trinajstić information content (AvgIpc) is 2.79. The molecule has 0 fully saturated rings. The number of nitrogens with zero attached hydrogens (tertiary/aromatic N) is 3. The molecule has 0 aliphatic heterocycles. The number of halogens is 2. The van der Waals surface area contributed by atoms with E-state index in [0.29, 0.717) is 12.2 Å². The molecular formula is C11H12ClFN4. The molecule has 0 spiro atoms. The van der Waals surface area contributed by atoms with Crippen molar-refractivity contribution in [2.45, 2.75) is 12.8 Å². The molecule has 2 rings (SSSR count). The number of aryl methyl sites for hydroxylation is 1. The minimum atomic E-state index is -0.445. The van der Waals surface area contributed by atoms with E-state index in [1.54, 1.807) is 16.9 Å². The lowest BCUT2D eigenvalue weighted by Gasteiger charge is -2.00. The number of rotatable bonds is 4. The Labute approximate surface area is 103 Å². The standard InChI is InChI=1S/C11H12ClFN4/c12-10-6-9(3-4-11(10)13)17-7-8(15-16-17)2-1-5-14/h3-4,6-7H,1-2,5,14H2. The van der Waals surface area contributed by atoms with Crippen molar-refractivity contribution in [3.63, 3.8) is 0 Å². The van der Waals surface area contributed by atoms with Gasteiger partial charge in [-0.25, -0.2) is 9.07 Å². The maximum absolute atomic E-state index is 13.0. The van der Waals surface area contributed by atoms with Gasteiger partial charge in [0, 0.05) is 0 Å². The Bertz CT molecular complexity index is 512. The third kappa shape index (κ3) is 2.81. The van der Waals surface area contributed by atoms with Crippen LogP contribution in [-0.2, 0) is 6.42 Å². The van der Waals surface area contributed by atoms with Crippen LogP contribution >= 0.6 is 11.6 Å². The Morgan fingerprint density at radius 3 is 2.94 bits per heavy atom. The van der Waals surface area contributed by atoms with Crippen LogP contribution in [0.1, 0.15) is 12.1 Å². The fraction of sp³-hybridized carbons (Fsp3) is 0.273. The zero-order chi connectivity index (χ0) is 12.3. The van der Waals surface area contributed by atoms with Crippen LogP contribution in [-0.4, -0.2) is 21.5 Å². The van der Waals surface area contributed by atoms with Gasteiger partial charge in [-0.3, -0.25) is 0 Å². The Balaban J connectivity index is 2.21. The van der Waals surface area contributed by atoms with Crippen LogP contribution < -0.4 is 5.73 Å². The third-order valence-electron chi connectivity index (χ3n) is 2.35. The zero-order valence-electron chi connectivity index (χ0n) is 9.11. The van der Waals surface area contributed by atoms with Crippen LogP contribution in [0.5, 0.6) is 0 Å². The zero-order valence-corrected chi connectivity index (χ0v) is 9.86. The van der Waals surface area contributed by atoms with E-state index in [2.05, 4.69) is 10.3 Å². The predicted octanol–water partition coefficient (Wildman–Crippen LogP) is 1.95. The van der Waals surface area contributed by atoms with Crippen LogP contribution in [0.2, 0.25) is 5.02 Å². The first-order valence-electron chi connectivity index (χ1n) is 5.27. The summed E-state index contributed by atoms with van der Waals surface area (Å²) in [5.74, 6) is -0.445. The first-order valence-corrected chi connectivity index (χ1v) is 5.65. The smallest absolute Gasteiger partial charge is 0.141 e. The van der Waals surface area contributed by atoms with Crippen molar-refractivity contribution in [2.24, 2.45) is 5.73 Å². The van der Waals surface area contributed by atoms with Gasteiger partial charge in [-0.05, 0) is 37.6 Å². The summed E-state index contributed by atoms with van der Waals surface area (Å²) in [6.45, 7) is 0.620. The largest absolute Gasteiger partial charge is 0.330 e. The van der Waals surface area contributed by atoms with Crippen molar-refractivity contribution < 1.29 is 4.39 Å². The second-order valence-corrected chi connectivity index (χ2v) is 4.05. The molecule has 0 radical (unpaired) electrons. The van der Waals surface area contributed by atoms with Gasteiger partial charge in [0.1, 0.15) is 5.82 Å². The summed E-state index contributed by atoms with van der Waals surface area (Å²) in [5, 5.41) is 8.03. The van der Waals surface area contributed by atoms with Crippen LogP contribution in [0.4, 0.5) is 4.39 Å². The quantitative estimate of drug-likeness (QED) is 0.907. The molecule has 0 aliphatic rings. The molecule has 2 N–H and O–H groups in total. The van der Waals surface area contributed by atoms with Crippen molar-refractivity contribution >= 4 is 11.6 Å². The van der Waals surface area contributed by atoms with Crippen LogP contribution in [0.25, 0.3) is 5.69 Å². The summed E-state index contributed by atoms with van der Waals surface area (Å²) >= 11 is 5.70. The normalized spacial score (nSPS) is 10.8. The molecule has 0 saturated carbocycles. The minimum absolute atomic E-state index is 0.0708. The van der Waals surface area contributed by atoms with Gasteiger partial charge in [0.05, 0.1) is 22.6 Å². The first-order chi connectivity index (χ1) is 8.20. The first kappa shape index (κ1) is 12.0. The highest BCUT2D eigenvalue weighted by Gasteiger charge is 2.05. The molecule has 90 valence electrons. The summed E-state index contributed by atoms with van der Waals surface area (Å²) in [6, 6.07) is 4.42. The maximum Gasteiger partial charge on any atom is 0.141 e. The van der Waals surface area contributed by atoms with Crippen LogP contribution in [0.15, 0.2) is 24.4 Å². The molecule has 0 saturated heterocycles. The van der Waals surface area contributed by atoms with E-state index in [-0.39, 0.29) is 5.02 Å². The Kier molecular flexibility index (Phi) is 3.71. The van der Waals surface area contributed by atoms with E-state index in [1.807, 2.05) is 0 Å². The molecule has 1 aromatic heterocycles. The monoisotopic (exact) mass is 254 g/mol. The predicted molar refractivity (Wildman–Crippen MR) is 63.7 cm³/mol. The third-order valence-corrected chi connectivity index (χ3v) is 2.64. The van der Waals surface area contributed by atoms with Crippen molar-refractivity contribution in [2.75, 3.05) is 6.54 Å². The second kappa shape index (κ2) is 5.25. The van der Waals surface area contributed by atoms with Crippen molar-refractivity contribution in [3.8, 4) is 5.69 Å². The minimum Gasteiger partial charge on any atom is -0.330 e. The van der Waals surface area contributed by atoms with Gasteiger partial charge in [0.15, 0.2) is 0 Å². The van der Waals surface area contributed by atoms with E-state index in [0.717, 1.165) is 18.5 Å². The summed E-state index contributed by atoms with van der Waals surface area (Å²) in [7, 11) is 0. The van der Waals surface area contributed by atoms with E-state index < -0.39 is 5.82 Å². The number of benzene rings is 1. The molecule has 0 unspecified atom stereocenters. The molecule has 1 heterocycles.